The van der Waals surface area contributed by atoms with Crippen LogP contribution in [0.15, 0.2) is 0 Å². The fourth-order valence-electron chi connectivity index (χ4n) is 2.86. The largest absolute Gasteiger partial charge is 0.480 e. The summed E-state index contributed by atoms with van der Waals surface area (Å²) in [5.41, 5.74) is 5.50. The zero-order chi connectivity index (χ0) is 14.6. The number of likely N-dealkylation sites (tertiary alicyclic amines) is 1. The Bertz CT molecular complexity index is 342. The van der Waals surface area contributed by atoms with Crippen molar-refractivity contribution in [3.05, 3.63) is 0 Å². The van der Waals surface area contributed by atoms with Crippen LogP contribution in [-0.2, 0) is 9.59 Å². The van der Waals surface area contributed by atoms with Gasteiger partial charge >= 0.3 is 5.97 Å². The molecule has 2 unspecified atom stereocenters. The number of nitrogens with two attached hydrogens (primary N) is 1. The quantitative estimate of drug-likeness (QED) is 0.795. The van der Waals surface area contributed by atoms with Gasteiger partial charge in [-0.1, -0.05) is 33.6 Å². The van der Waals surface area contributed by atoms with E-state index < -0.39 is 23.5 Å². The Morgan fingerprint density at radius 3 is 2.63 bits per heavy atom. The summed E-state index contributed by atoms with van der Waals surface area (Å²) in [6.07, 6.45) is 4.15. The predicted octanol–water partition coefficient (Wildman–Crippen LogP) is 1.61. The van der Waals surface area contributed by atoms with Crippen molar-refractivity contribution in [2.24, 2.45) is 11.1 Å². The highest BCUT2D eigenvalue weighted by Gasteiger charge is 2.45. The Balaban J connectivity index is 2.83. The topological polar surface area (TPSA) is 83.6 Å². The molecule has 0 bridgehead atoms. The molecule has 1 saturated heterocycles. The number of carbonyl (C=O) groups is 2. The zero-order valence-corrected chi connectivity index (χ0v) is 12.2. The van der Waals surface area contributed by atoms with Crippen LogP contribution in [0, 0.1) is 5.41 Å². The van der Waals surface area contributed by atoms with Gasteiger partial charge in [0.15, 0.2) is 0 Å². The second-order valence-electron chi connectivity index (χ2n) is 6.11. The third-order valence-electron chi connectivity index (χ3n) is 3.97. The lowest BCUT2D eigenvalue weighted by Gasteiger charge is -2.44. The van der Waals surface area contributed by atoms with Crippen LogP contribution in [0.25, 0.3) is 0 Å². The Labute approximate surface area is 115 Å². The predicted molar refractivity (Wildman–Crippen MR) is 73.7 cm³/mol. The minimum absolute atomic E-state index is 0.214. The van der Waals surface area contributed by atoms with E-state index in [2.05, 4.69) is 0 Å². The molecule has 0 aromatic heterocycles. The lowest BCUT2D eigenvalue weighted by molar-refractivity contribution is -0.159. The van der Waals surface area contributed by atoms with Crippen LogP contribution < -0.4 is 5.73 Å². The number of unbranched alkanes of at least 4 members (excludes halogenated alkanes) is 1. The Morgan fingerprint density at radius 1 is 1.47 bits per heavy atom. The summed E-state index contributed by atoms with van der Waals surface area (Å²) >= 11 is 0. The SMILES string of the molecule is CCCCC(N)C(=O)N1CCCC(C)(C)C1C(=O)O. The monoisotopic (exact) mass is 270 g/mol. The molecule has 1 aliphatic rings. The van der Waals surface area contributed by atoms with Gasteiger partial charge in [0.2, 0.25) is 5.91 Å². The van der Waals surface area contributed by atoms with E-state index in [1.54, 1.807) is 0 Å². The fourth-order valence-corrected chi connectivity index (χ4v) is 2.86. The van der Waals surface area contributed by atoms with Crippen LogP contribution in [0.5, 0.6) is 0 Å². The number of nitrogens with zero attached hydrogens (tertiary/aromatic N) is 1. The molecule has 5 heteroatoms. The molecule has 0 aliphatic carbocycles. The molecular formula is C14H26N2O3. The first-order valence-corrected chi connectivity index (χ1v) is 7.10. The molecule has 1 heterocycles. The van der Waals surface area contributed by atoms with E-state index in [-0.39, 0.29) is 5.91 Å². The molecule has 0 aromatic carbocycles. The van der Waals surface area contributed by atoms with Crippen molar-refractivity contribution in [3.63, 3.8) is 0 Å². The van der Waals surface area contributed by atoms with Gasteiger partial charge in [0.1, 0.15) is 6.04 Å². The molecule has 3 N–H and O–H groups in total. The van der Waals surface area contributed by atoms with Gasteiger partial charge in [-0.15, -0.1) is 0 Å². The van der Waals surface area contributed by atoms with Gasteiger partial charge in [0.05, 0.1) is 6.04 Å². The van der Waals surface area contributed by atoms with Gasteiger partial charge < -0.3 is 15.7 Å². The summed E-state index contributed by atoms with van der Waals surface area (Å²) < 4.78 is 0. The lowest BCUT2D eigenvalue weighted by Crippen LogP contribution is -2.59. The molecular weight excluding hydrogens is 244 g/mol. The number of carboxylic acids is 1. The maximum atomic E-state index is 12.3. The maximum Gasteiger partial charge on any atom is 0.326 e. The summed E-state index contributed by atoms with van der Waals surface area (Å²) in [4.78, 5) is 25.3. The summed E-state index contributed by atoms with van der Waals surface area (Å²) in [6.45, 7) is 6.35. The van der Waals surface area contributed by atoms with Crippen molar-refractivity contribution in [2.45, 2.75) is 65.0 Å². The molecule has 1 fully saturated rings. The first kappa shape index (κ1) is 16.0. The van der Waals surface area contributed by atoms with E-state index in [0.29, 0.717) is 13.0 Å². The van der Waals surface area contributed by atoms with Crippen molar-refractivity contribution in [3.8, 4) is 0 Å². The van der Waals surface area contributed by atoms with Crippen molar-refractivity contribution in [2.75, 3.05) is 6.54 Å². The summed E-state index contributed by atoms with van der Waals surface area (Å²) in [7, 11) is 0. The van der Waals surface area contributed by atoms with Crippen LogP contribution in [0.4, 0.5) is 0 Å². The summed E-state index contributed by atoms with van der Waals surface area (Å²) in [5.74, 6) is -1.14. The molecule has 0 radical (unpaired) electrons. The molecule has 0 saturated carbocycles. The van der Waals surface area contributed by atoms with Crippen molar-refractivity contribution in [1.29, 1.82) is 0 Å². The van der Waals surface area contributed by atoms with Crippen LogP contribution >= 0.6 is 0 Å². The molecule has 2 atom stereocenters. The molecule has 1 rings (SSSR count). The van der Waals surface area contributed by atoms with Gasteiger partial charge in [0.25, 0.3) is 0 Å². The number of rotatable bonds is 5. The number of hydrogen-bond donors (Lipinski definition) is 2. The maximum absolute atomic E-state index is 12.3. The van der Waals surface area contributed by atoms with E-state index in [1.165, 1.54) is 4.90 Å². The molecule has 0 spiro atoms. The summed E-state index contributed by atoms with van der Waals surface area (Å²) in [6, 6.07) is -1.34. The van der Waals surface area contributed by atoms with Gasteiger partial charge in [-0.05, 0) is 24.7 Å². The fraction of sp³-hybridized carbons (Fsp3) is 0.857. The Hall–Kier alpha value is -1.10. The molecule has 5 nitrogen and oxygen atoms in total. The van der Waals surface area contributed by atoms with Gasteiger partial charge in [0, 0.05) is 6.54 Å². The van der Waals surface area contributed by atoms with Crippen LogP contribution in [0.2, 0.25) is 0 Å². The first-order chi connectivity index (χ1) is 8.81. The minimum atomic E-state index is -0.930. The second kappa shape index (κ2) is 6.37. The number of carbonyl (C=O) groups excluding carboxylic acids is 1. The first-order valence-electron chi connectivity index (χ1n) is 7.10. The highest BCUT2D eigenvalue weighted by molar-refractivity contribution is 5.87. The highest BCUT2D eigenvalue weighted by atomic mass is 16.4. The lowest BCUT2D eigenvalue weighted by atomic mass is 9.76. The number of piperidine rings is 1. The smallest absolute Gasteiger partial charge is 0.326 e. The van der Waals surface area contributed by atoms with E-state index in [1.807, 2.05) is 20.8 Å². The van der Waals surface area contributed by atoms with Crippen molar-refractivity contribution in [1.82, 2.24) is 4.90 Å². The number of hydrogen-bond acceptors (Lipinski definition) is 3. The summed E-state index contributed by atoms with van der Waals surface area (Å²) in [5, 5.41) is 9.42. The molecule has 0 aromatic rings. The molecule has 1 aliphatic heterocycles. The van der Waals surface area contributed by atoms with Gasteiger partial charge in [-0.3, -0.25) is 4.79 Å². The third kappa shape index (κ3) is 3.69. The third-order valence-corrected chi connectivity index (χ3v) is 3.97. The van der Waals surface area contributed by atoms with E-state index >= 15 is 0 Å². The van der Waals surface area contributed by atoms with E-state index in [0.717, 1.165) is 25.7 Å². The van der Waals surface area contributed by atoms with E-state index in [9.17, 15) is 14.7 Å². The second-order valence-corrected chi connectivity index (χ2v) is 6.11. The molecule has 19 heavy (non-hydrogen) atoms. The van der Waals surface area contributed by atoms with Crippen molar-refractivity contribution >= 4 is 11.9 Å². The van der Waals surface area contributed by atoms with Crippen LogP contribution in [0.1, 0.15) is 52.9 Å². The zero-order valence-electron chi connectivity index (χ0n) is 12.2. The average molecular weight is 270 g/mol. The van der Waals surface area contributed by atoms with Crippen LogP contribution in [-0.4, -0.2) is 40.5 Å². The van der Waals surface area contributed by atoms with Crippen LogP contribution in [0.3, 0.4) is 0 Å². The number of aliphatic carboxylic acids is 1. The normalized spacial score (nSPS) is 24.0. The Kier molecular flexibility index (Phi) is 5.35. The average Bonchev–Trinajstić information content (AvgIpc) is 2.32. The Morgan fingerprint density at radius 2 is 2.11 bits per heavy atom. The van der Waals surface area contributed by atoms with Crippen molar-refractivity contribution < 1.29 is 14.7 Å². The number of carboxylic acid groups (broad SMARTS) is 1. The van der Waals surface area contributed by atoms with Gasteiger partial charge in [-0.2, -0.15) is 0 Å². The highest BCUT2D eigenvalue weighted by Crippen LogP contribution is 2.35. The van der Waals surface area contributed by atoms with E-state index in [4.69, 9.17) is 5.73 Å². The standard InChI is InChI=1S/C14H26N2O3/c1-4-5-7-10(15)12(17)16-9-6-8-14(2,3)11(16)13(18)19/h10-11H,4-9,15H2,1-3H3,(H,18,19). The minimum Gasteiger partial charge on any atom is -0.480 e. The van der Waals surface area contributed by atoms with Gasteiger partial charge in [-0.25, -0.2) is 4.79 Å². The molecule has 1 amide bonds. The number of amides is 1. The molecule has 110 valence electrons.